The molecule has 0 spiro atoms. The molecule has 0 aliphatic heterocycles. The predicted octanol–water partition coefficient (Wildman–Crippen LogP) is 4.04. The van der Waals surface area contributed by atoms with Gasteiger partial charge in [0.2, 0.25) is 0 Å². The number of aliphatic hydroxyl groups is 1. The predicted molar refractivity (Wildman–Crippen MR) is 75.5 cm³/mol. The highest BCUT2D eigenvalue weighted by atomic mass is 35.5. The first-order valence-electron chi connectivity index (χ1n) is 6.52. The van der Waals surface area contributed by atoms with E-state index in [0.717, 1.165) is 17.5 Å². The Morgan fingerprint density at radius 3 is 3.00 bits per heavy atom. The zero-order valence-electron chi connectivity index (χ0n) is 10.8. The second kappa shape index (κ2) is 5.43. The van der Waals surface area contributed by atoms with E-state index >= 15 is 0 Å². The smallest absolute Gasteiger partial charge is 0.129 e. The molecule has 0 bridgehead atoms. The Labute approximate surface area is 121 Å². The van der Waals surface area contributed by atoms with Crippen LogP contribution in [0.5, 0.6) is 5.75 Å². The molecule has 104 valence electrons. The Morgan fingerprint density at radius 1 is 1.30 bits per heavy atom. The summed E-state index contributed by atoms with van der Waals surface area (Å²) in [7, 11) is 0. The number of aliphatic hydroxyl groups excluding tert-OH is 1. The summed E-state index contributed by atoms with van der Waals surface area (Å²) in [4.78, 5) is 0. The van der Waals surface area contributed by atoms with Crippen molar-refractivity contribution in [3.05, 3.63) is 63.9 Å². The van der Waals surface area contributed by atoms with Gasteiger partial charge in [0, 0.05) is 16.1 Å². The monoisotopic (exact) mass is 292 g/mol. The second-order valence-electron chi connectivity index (χ2n) is 4.90. The lowest BCUT2D eigenvalue weighted by molar-refractivity contribution is 0.180. The van der Waals surface area contributed by atoms with Crippen molar-refractivity contribution in [1.82, 2.24) is 0 Å². The van der Waals surface area contributed by atoms with Crippen LogP contribution in [-0.2, 0) is 13.0 Å². The average Bonchev–Trinajstić information content (AvgIpc) is 2.82. The molecule has 1 unspecified atom stereocenters. The van der Waals surface area contributed by atoms with Crippen LogP contribution in [0, 0.1) is 5.82 Å². The summed E-state index contributed by atoms with van der Waals surface area (Å²) in [6.45, 7) is 0.124. The van der Waals surface area contributed by atoms with Crippen LogP contribution in [0.4, 0.5) is 4.39 Å². The van der Waals surface area contributed by atoms with Gasteiger partial charge in [0.25, 0.3) is 0 Å². The van der Waals surface area contributed by atoms with Gasteiger partial charge in [0.05, 0.1) is 6.10 Å². The molecule has 0 saturated heterocycles. The van der Waals surface area contributed by atoms with Crippen LogP contribution in [0.15, 0.2) is 36.4 Å². The van der Waals surface area contributed by atoms with E-state index in [1.54, 1.807) is 6.07 Å². The van der Waals surface area contributed by atoms with Crippen LogP contribution in [0.3, 0.4) is 0 Å². The topological polar surface area (TPSA) is 29.5 Å². The van der Waals surface area contributed by atoms with Gasteiger partial charge < -0.3 is 9.84 Å². The molecular formula is C16H14ClFO2. The van der Waals surface area contributed by atoms with E-state index in [9.17, 15) is 9.50 Å². The van der Waals surface area contributed by atoms with Gasteiger partial charge in [-0.15, -0.1) is 0 Å². The summed E-state index contributed by atoms with van der Waals surface area (Å²) in [5, 5.41) is 10.3. The van der Waals surface area contributed by atoms with Crippen LogP contribution < -0.4 is 4.74 Å². The molecule has 0 saturated carbocycles. The first kappa shape index (κ1) is 13.4. The third-order valence-electron chi connectivity index (χ3n) is 3.59. The number of halogens is 2. The van der Waals surface area contributed by atoms with Crippen LogP contribution in [0.2, 0.25) is 5.02 Å². The molecule has 1 atom stereocenters. The fourth-order valence-corrected chi connectivity index (χ4v) is 2.74. The largest absolute Gasteiger partial charge is 0.489 e. The van der Waals surface area contributed by atoms with Gasteiger partial charge in [-0.2, -0.15) is 0 Å². The molecule has 1 aliphatic rings. The summed E-state index contributed by atoms with van der Waals surface area (Å²) >= 11 is 5.86. The second-order valence-corrected chi connectivity index (χ2v) is 5.34. The third-order valence-corrected chi connectivity index (χ3v) is 3.82. The van der Waals surface area contributed by atoms with Gasteiger partial charge in [-0.3, -0.25) is 0 Å². The van der Waals surface area contributed by atoms with Crippen LogP contribution in [0.25, 0.3) is 0 Å². The first-order chi connectivity index (χ1) is 9.65. The molecule has 4 heteroatoms. The highest BCUT2D eigenvalue weighted by molar-refractivity contribution is 6.30. The zero-order chi connectivity index (χ0) is 14.1. The van der Waals surface area contributed by atoms with Gasteiger partial charge in [-0.1, -0.05) is 23.7 Å². The summed E-state index contributed by atoms with van der Waals surface area (Å²) in [6, 6.07) is 10.0. The number of hydrogen-bond donors (Lipinski definition) is 1. The molecule has 2 nitrogen and oxygen atoms in total. The fraction of sp³-hybridized carbons (Fsp3) is 0.250. The van der Waals surface area contributed by atoms with Gasteiger partial charge in [0.1, 0.15) is 18.2 Å². The van der Waals surface area contributed by atoms with Crippen molar-refractivity contribution in [1.29, 1.82) is 0 Å². The molecule has 2 aromatic carbocycles. The van der Waals surface area contributed by atoms with Crippen LogP contribution in [-0.4, -0.2) is 5.11 Å². The van der Waals surface area contributed by atoms with Gasteiger partial charge in [-0.25, -0.2) is 4.39 Å². The molecule has 0 aromatic heterocycles. The maximum absolute atomic E-state index is 13.6. The molecule has 3 rings (SSSR count). The number of benzene rings is 2. The van der Waals surface area contributed by atoms with E-state index in [4.69, 9.17) is 16.3 Å². The van der Waals surface area contributed by atoms with Crippen molar-refractivity contribution < 1.29 is 14.2 Å². The van der Waals surface area contributed by atoms with E-state index in [-0.39, 0.29) is 12.4 Å². The summed E-state index contributed by atoms with van der Waals surface area (Å²) in [5.41, 5.74) is 2.35. The normalized spacial score (nSPS) is 17.1. The number of fused-ring (bicyclic) bond motifs is 1. The quantitative estimate of drug-likeness (QED) is 0.925. The van der Waals surface area contributed by atoms with E-state index in [1.807, 2.05) is 18.2 Å². The molecule has 0 radical (unpaired) electrons. The summed E-state index contributed by atoms with van der Waals surface area (Å²) < 4.78 is 19.3. The standard InChI is InChI=1S/C16H14ClFO2/c17-11-4-6-14(18)10(8-11)9-20-16-3-1-2-12-13(16)5-7-15(12)19/h1-4,6,8,15,19H,5,7,9H2. The van der Waals surface area contributed by atoms with Crippen molar-refractivity contribution in [2.24, 2.45) is 0 Å². The van der Waals surface area contributed by atoms with Gasteiger partial charge in [-0.05, 0) is 42.7 Å². The lowest BCUT2D eigenvalue weighted by atomic mass is 10.1. The number of ether oxygens (including phenoxy) is 1. The van der Waals surface area contributed by atoms with Crippen molar-refractivity contribution in [3.8, 4) is 5.75 Å². The Morgan fingerprint density at radius 2 is 2.15 bits per heavy atom. The molecule has 2 aromatic rings. The lowest BCUT2D eigenvalue weighted by Crippen LogP contribution is -2.01. The maximum Gasteiger partial charge on any atom is 0.129 e. The van der Waals surface area contributed by atoms with Crippen molar-refractivity contribution in [2.75, 3.05) is 0 Å². The number of rotatable bonds is 3. The Kier molecular flexibility index (Phi) is 3.64. The van der Waals surface area contributed by atoms with E-state index in [0.29, 0.717) is 22.8 Å². The molecular weight excluding hydrogens is 279 g/mol. The Bertz CT molecular complexity index is 642. The third kappa shape index (κ3) is 2.51. The molecule has 1 aliphatic carbocycles. The van der Waals surface area contributed by atoms with Crippen LogP contribution >= 0.6 is 11.6 Å². The first-order valence-corrected chi connectivity index (χ1v) is 6.89. The van der Waals surface area contributed by atoms with E-state index in [2.05, 4.69) is 0 Å². The van der Waals surface area contributed by atoms with Crippen molar-refractivity contribution >= 4 is 11.6 Å². The van der Waals surface area contributed by atoms with Crippen LogP contribution in [0.1, 0.15) is 29.2 Å². The lowest BCUT2D eigenvalue weighted by Gasteiger charge is -2.12. The van der Waals surface area contributed by atoms with Gasteiger partial charge in [0.15, 0.2) is 0 Å². The van der Waals surface area contributed by atoms with Gasteiger partial charge >= 0.3 is 0 Å². The average molecular weight is 293 g/mol. The van der Waals surface area contributed by atoms with Crippen molar-refractivity contribution in [3.63, 3.8) is 0 Å². The molecule has 0 fully saturated rings. The molecule has 0 amide bonds. The number of hydrogen-bond acceptors (Lipinski definition) is 2. The highest BCUT2D eigenvalue weighted by Crippen LogP contribution is 2.37. The summed E-state index contributed by atoms with van der Waals surface area (Å²) in [5.74, 6) is 0.375. The minimum absolute atomic E-state index is 0.124. The Hall–Kier alpha value is -1.58. The molecule has 20 heavy (non-hydrogen) atoms. The molecule has 1 N–H and O–H groups in total. The summed E-state index contributed by atoms with van der Waals surface area (Å²) in [6.07, 6.45) is 1.07. The van der Waals surface area contributed by atoms with E-state index < -0.39 is 6.10 Å². The highest BCUT2D eigenvalue weighted by Gasteiger charge is 2.23. The zero-order valence-corrected chi connectivity index (χ0v) is 11.5. The van der Waals surface area contributed by atoms with E-state index in [1.165, 1.54) is 12.1 Å². The SMILES string of the molecule is OC1CCc2c(OCc3cc(Cl)ccc3F)cccc21. The van der Waals surface area contributed by atoms with Crippen molar-refractivity contribution in [2.45, 2.75) is 25.6 Å². The molecule has 0 heterocycles. The minimum Gasteiger partial charge on any atom is -0.489 e. The fourth-order valence-electron chi connectivity index (χ4n) is 2.54. The minimum atomic E-state index is -0.420. The Balaban J connectivity index is 1.81. The maximum atomic E-state index is 13.6.